The van der Waals surface area contributed by atoms with Gasteiger partial charge in [-0.25, -0.2) is 9.97 Å². The van der Waals surface area contributed by atoms with Gasteiger partial charge in [-0.1, -0.05) is 0 Å². The summed E-state index contributed by atoms with van der Waals surface area (Å²) >= 11 is 0. The number of hydrogen-bond donors (Lipinski definition) is 2. The molecule has 8 nitrogen and oxygen atoms in total. The van der Waals surface area contributed by atoms with E-state index in [9.17, 15) is 5.26 Å². The first-order valence-electron chi connectivity index (χ1n) is 8.41. The number of nitrogens with zero attached hydrogens (tertiary/aromatic N) is 5. The summed E-state index contributed by atoms with van der Waals surface area (Å²) < 4.78 is 5.99. The summed E-state index contributed by atoms with van der Waals surface area (Å²) in [5, 5.41) is 20.4. The van der Waals surface area contributed by atoms with Crippen LogP contribution in [-0.4, -0.2) is 26.2 Å². The predicted octanol–water partition coefficient (Wildman–Crippen LogP) is 2.88. The second-order valence-corrected chi connectivity index (χ2v) is 6.12. The van der Waals surface area contributed by atoms with Crippen molar-refractivity contribution in [1.29, 1.82) is 5.26 Å². The molecule has 0 saturated carbocycles. The van der Waals surface area contributed by atoms with Crippen LogP contribution in [0.15, 0.2) is 42.9 Å². The van der Waals surface area contributed by atoms with E-state index in [1.807, 2.05) is 13.8 Å². The second-order valence-electron chi connectivity index (χ2n) is 6.12. The Kier molecular flexibility index (Phi) is 5.54. The number of rotatable bonds is 6. The summed E-state index contributed by atoms with van der Waals surface area (Å²) in [6.45, 7) is 4.38. The van der Waals surface area contributed by atoms with Gasteiger partial charge in [-0.15, -0.1) is 5.10 Å². The molecule has 0 radical (unpaired) electrons. The highest BCUT2D eigenvalue weighted by Gasteiger charge is 2.13. The molecule has 3 N–H and O–H groups in total. The van der Waals surface area contributed by atoms with Gasteiger partial charge in [0.15, 0.2) is 17.4 Å². The quantitative estimate of drug-likeness (QED) is 0.687. The molecule has 3 rings (SSSR count). The Morgan fingerprint density at radius 2 is 1.96 bits per heavy atom. The molecular weight excluding hydrogens is 342 g/mol. The molecule has 0 amide bonds. The molecule has 3 aromatic rings. The van der Waals surface area contributed by atoms with E-state index in [0.29, 0.717) is 40.8 Å². The summed E-state index contributed by atoms with van der Waals surface area (Å²) in [5.74, 6) is 2.03. The van der Waals surface area contributed by atoms with Crippen LogP contribution >= 0.6 is 0 Å². The molecule has 0 bridgehead atoms. The second kappa shape index (κ2) is 8.21. The molecule has 2 heterocycles. The van der Waals surface area contributed by atoms with Gasteiger partial charge < -0.3 is 15.8 Å². The van der Waals surface area contributed by atoms with Gasteiger partial charge in [0.2, 0.25) is 0 Å². The summed E-state index contributed by atoms with van der Waals surface area (Å²) in [4.78, 5) is 8.68. The van der Waals surface area contributed by atoms with Gasteiger partial charge >= 0.3 is 0 Å². The summed E-state index contributed by atoms with van der Waals surface area (Å²) in [7, 11) is 0. The smallest absolute Gasteiger partial charge is 0.162 e. The van der Waals surface area contributed by atoms with Crippen LogP contribution in [0, 0.1) is 11.3 Å². The zero-order chi connectivity index (χ0) is 19.2. The Balaban J connectivity index is 1.97. The van der Waals surface area contributed by atoms with E-state index in [-0.39, 0.29) is 6.04 Å². The van der Waals surface area contributed by atoms with Crippen LogP contribution in [0.1, 0.15) is 25.0 Å². The first-order chi connectivity index (χ1) is 13.1. The lowest BCUT2D eigenvalue weighted by Crippen LogP contribution is -2.11. The molecule has 1 aromatic carbocycles. The molecule has 2 aromatic heterocycles. The summed E-state index contributed by atoms with van der Waals surface area (Å²) in [6.07, 6.45) is 4.85. The molecule has 0 saturated heterocycles. The van der Waals surface area contributed by atoms with Crippen LogP contribution in [0.5, 0.6) is 11.5 Å². The van der Waals surface area contributed by atoms with E-state index >= 15 is 0 Å². The monoisotopic (exact) mass is 361 g/mol. The fourth-order valence-electron chi connectivity index (χ4n) is 2.36. The van der Waals surface area contributed by atoms with Crippen LogP contribution < -0.4 is 15.8 Å². The maximum atomic E-state index is 9.22. The SMILES string of the molecule is CC(C)Nc1cc(Oc2cc(C#N)ccc2-c2ncc(CN)cn2)cnn1. The Bertz CT molecular complexity index is 965. The van der Waals surface area contributed by atoms with E-state index in [2.05, 4.69) is 31.6 Å². The molecule has 0 unspecified atom stereocenters. The largest absolute Gasteiger partial charge is 0.455 e. The first-order valence-corrected chi connectivity index (χ1v) is 8.41. The van der Waals surface area contributed by atoms with Gasteiger partial charge in [-0.05, 0) is 32.0 Å². The van der Waals surface area contributed by atoms with Crippen molar-refractivity contribution in [2.24, 2.45) is 5.73 Å². The number of aromatic nitrogens is 4. The van der Waals surface area contributed by atoms with E-state index in [0.717, 1.165) is 5.56 Å². The lowest BCUT2D eigenvalue weighted by molar-refractivity contribution is 0.480. The molecule has 0 fully saturated rings. The van der Waals surface area contributed by atoms with Gasteiger partial charge in [0.05, 0.1) is 23.4 Å². The Morgan fingerprint density at radius 1 is 1.19 bits per heavy atom. The molecule has 0 aliphatic carbocycles. The normalized spacial score (nSPS) is 10.5. The van der Waals surface area contributed by atoms with Crippen molar-refractivity contribution in [2.45, 2.75) is 26.4 Å². The van der Waals surface area contributed by atoms with Crippen LogP contribution in [0.25, 0.3) is 11.4 Å². The minimum atomic E-state index is 0.210. The van der Waals surface area contributed by atoms with Gasteiger partial charge in [0, 0.05) is 36.6 Å². The van der Waals surface area contributed by atoms with Crippen molar-refractivity contribution in [3.8, 4) is 29.0 Å². The number of hydrogen-bond acceptors (Lipinski definition) is 8. The molecule has 0 aliphatic heterocycles. The van der Waals surface area contributed by atoms with Crippen LogP contribution in [0.2, 0.25) is 0 Å². The average Bonchev–Trinajstić information content (AvgIpc) is 2.68. The molecule has 0 aliphatic rings. The fraction of sp³-hybridized carbons (Fsp3) is 0.211. The molecule has 27 heavy (non-hydrogen) atoms. The van der Waals surface area contributed by atoms with Gasteiger partial charge in [-0.3, -0.25) is 0 Å². The van der Waals surface area contributed by atoms with Gasteiger partial charge in [-0.2, -0.15) is 10.4 Å². The van der Waals surface area contributed by atoms with Gasteiger partial charge in [0.1, 0.15) is 5.75 Å². The molecule has 0 atom stereocenters. The van der Waals surface area contributed by atoms with Crippen LogP contribution in [0.3, 0.4) is 0 Å². The highest BCUT2D eigenvalue weighted by molar-refractivity contribution is 5.66. The number of benzene rings is 1. The summed E-state index contributed by atoms with van der Waals surface area (Å²) in [6, 6.07) is 9.16. The number of nitrogens with two attached hydrogens (primary N) is 1. The van der Waals surface area contributed by atoms with E-state index in [1.54, 1.807) is 36.7 Å². The summed E-state index contributed by atoms with van der Waals surface area (Å²) in [5.41, 5.74) is 7.56. The Morgan fingerprint density at radius 3 is 2.63 bits per heavy atom. The highest BCUT2D eigenvalue weighted by atomic mass is 16.5. The van der Waals surface area contributed by atoms with Crippen LogP contribution in [-0.2, 0) is 6.54 Å². The van der Waals surface area contributed by atoms with Crippen molar-refractivity contribution in [3.05, 3.63) is 54.0 Å². The Labute approximate surface area is 157 Å². The zero-order valence-electron chi connectivity index (χ0n) is 15.0. The van der Waals surface area contributed by atoms with Crippen molar-refractivity contribution in [1.82, 2.24) is 20.2 Å². The topological polar surface area (TPSA) is 123 Å². The number of nitriles is 1. The highest BCUT2D eigenvalue weighted by Crippen LogP contribution is 2.32. The maximum absolute atomic E-state index is 9.22. The Hall–Kier alpha value is -3.57. The lowest BCUT2D eigenvalue weighted by Gasteiger charge is -2.12. The van der Waals surface area contributed by atoms with E-state index < -0.39 is 0 Å². The van der Waals surface area contributed by atoms with Crippen LogP contribution in [0.4, 0.5) is 5.82 Å². The van der Waals surface area contributed by atoms with E-state index in [4.69, 9.17) is 10.5 Å². The fourth-order valence-corrected chi connectivity index (χ4v) is 2.36. The third kappa shape index (κ3) is 4.54. The van der Waals surface area contributed by atoms with Crippen molar-refractivity contribution in [2.75, 3.05) is 5.32 Å². The molecule has 0 spiro atoms. The van der Waals surface area contributed by atoms with E-state index in [1.165, 1.54) is 6.20 Å². The first kappa shape index (κ1) is 18.2. The average molecular weight is 361 g/mol. The molecular formula is C19H19N7O. The third-order valence-corrected chi connectivity index (χ3v) is 3.59. The third-order valence-electron chi connectivity index (χ3n) is 3.59. The van der Waals surface area contributed by atoms with Gasteiger partial charge in [0.25, 0.3) is 0 Å². The minimum absolute atomic E-state index is 0.210. The number of nitrogens with one attached hydrogen (secondary N) is 1. The predicted molar refractivity (Wildman–Crippen MR) is 101 cm³/mol. The standard InChI is InChI=1S/C19H19N7O/c1-12(2)25-18-6-15(11-24-26-18)27-17-5-13(7-20)3-4-16(17)19-22-9-14(8-21)10-23-19/h3-6,9-12H,8,21H2,1-2H3,(H,25,26). The van der Waals surface area contributed by atoms with Crippen molar-refractivity contribution < 1.29 is 4.74 Å². The molecule has 136 valence electrons. The zero-order valence-corrected chi connectivity index (χ0v) is 15.0. The molecule has 8 heteroatoms. The number of anilines is 1. The van der Waals surface area contributed by atoms with Crippen molar-refractivity contribution >= 4 is 5.82 Å². The lowest BCUT2D eigenvalue weighted by atomic mass is 10.1. The minimum Gasteiger partial charge on any atom is -0.455 e. The number of ether oxygens (including phenoxy) is 1. The maximum Gasteiger partial charge on any atom is 0.162 e. The van der Waals surface area contributed by atoms with Crippen molar-refractivity contribution in [3.63, 3.8) is 0 Å².